The summed E-state index contributed by atoms with van der Waals surface area (Å²) in [6, 6.07) is 15.6. The molecule has 186 valence electrons. The summed E-state index contributed by atoms with van der Waals surface area (Å²) < 4.78 is 5.61. The molecule has 0 radical (unpaired) electrons. The van der Waals surface area contributed by atoms with Crippen molar-refractivity contribution >= 4 is 18.0 Å². The van der Waals surface area contributed by atoms with Gasteiger partial charge in [-0.2, -0.15) is 0 Å². The van der Waals surface area contributed by atoms with E-state index in [4.69, 9.17) is 4.74 Å². The number of hydrogen-bond donors (Lipinski definition) is 3. The Morgan fingerprint density at radius 3 is 2.17 bits per heavy atom. The Morgan fingerprint density at radius 1 is 0.971 bits per heavy atom. The van der Waals surface area contributed by atoms with Gasteiger partial charge in [-0.05, 0) is 59.3 Å². The molecule has 7 heteroatoms. The first-order valence-electron chi connectivity index (χ1n) is 12.4. The summed E-state index contributed by atoms with van der Waals surface area (Å²) in [5, 5.41) is 14.8. The van der Waals surface area contributed by atoms with Gasteiger partial charge in [-0.15, -0.1) is 0 Å². The minimum atomic E-state index is -1.01. The minimum Gasteiger partial charge on any atom is -0.480 e. The van der Waals surface area contributed by atoms with Gasteiger partial charge in [0.15, 0.2) is 0 Å². The fraction of sp³-hybridized carbons (Fsp3) is 0.464. The van der Waals surface area contributed by atoms with Crippen LogP contribution in [0.4, 0.5) is 4.79 Å². The second-order valence-corrected chi connectivity index (χ2v) is 10.1. The molecule has 0 aromatic heterocycles. The molecule has 2 aliphatic carbocycles. The van der Waals surface area contributed by atoms with Gasteiger partial charge >= 0.3 is 12.1 Å². The number of carboxylic acids is 1. The Balaban J connectivity index is 1.21. The van der Waals surface area contributed by atoms with Gasteiger partial charge in [0.05, 0.1) is 0 Å². The Hall–Kier alpha value is -3.35. The molecule has 0 aliphatic heterocycles. The number of aliphatic carboxylic acids is 1. The fourth-order valence-corrected chi connectivity index (χ4v) is 5.43. The highest BCUT2D eigenvalue weighted by atomic mass is 16.5. The largest absolute Gasteiger partial charge is 0.480 e. The van der Waals surface area contributed by atoms with E-state index in [2.05, 4.69) is 34.9 Å². The van der Waals surface area contributed by atoms with Crippen molar-refractivity contribution in [2.75, 3.05) is 13.2 Å². The number of nitrogens with one attached hydrogen (secondary N) is 2. The molecule has 1 saturated carbocycles. The van der Waals surface area contributed by atoms with Crippen molar-refractivity contribution in [3.05, 3.63) is 59.7 Å². The van der Waals surface area contributed by atoms with Crippen LogP contribution >= 0.6 is 0 Å². The first-order chi connectivity index (χ1) is 16.8. The molecule has 2 aliphatic rings. The lowest BCUT2D eigenvalue weighted by molar-refractivity contribution is -0.143. The van der Waals surface area contributed by atoms with Gasteiger partial charge in [-0.3, -0.25) is 4.79 Å². The molecule has 0 bridgehead atoms. The number of fused-ring (bicyclic) bond motifs is 3. The van der Waals surface area contributed by atoms with Gasteiger partial charge < -0.3 is 20.5 Å². The Morgan fingerprint density at radius 2 is 1.57 bits per heavy atom. The number of benzene rings is 2. The maximum atomic E-state index is 12.4. The maximum Gasteiger partial charge on any atom is 0.407 e. The predicted octanol–water partition coefficient (Wildman–Crippen LogP) is 4.56. The highest BCUT2D eigenvalue weighted by molar-refractivity contribution is 5.84. The van der Waals surface area contributed by atoms with Crippen LogP contribution in [0.25, 0.3) is 11.1 Å². The molecular weight excluding hydrogens is 444 g/mol. The summed E-state index contributed by atoms with van der Waals surface area (Å²) in [5.74, 6) is -0.886. The van der Waals surface area contributed by atoms with Crippen molar-refractivity contribution < 1.29 is 24.2 Å². The summed E-state index contributed by atoms with van der Waals surface area (Å²) in [7, 11) is 0. The van der Waals surface area contributed by atoms with Crippen LogP contribution in [-0.4, -0.2) is 42.3 Å². The van der Waals surface area contributed by atoms with Crippen molar-refractivity contribution in [1.29, 1.82) is 0 Å². The lowest BCUT2D eigenvalue weighted by atomic mass is 9.98. The van der Waals surface area contributed by atoms with Gasteiger partial charge in [-0.25, -0.2) is 9.59 Å². The second kappa shape index (κ2) is 10.9. The Bertz CT molecular complexity index is 1040. The van der Waals surface area contributed by atoms with Crippen LogP contribution in [-0.2, 0) is 14.3 Å². The van der Waals surface area contributed by atoms with E-state index < -0.39 is 18.1 Å². The first kappa shape index (κ1) is 24.8. The first-order valence-corrected chi connectivity index (χ1v) is 12.4. The molecule has 35 heavy (non-hydrogen) atoms. The van der Waals surface area contributed by atoms with E-state index in [1.165, 1.54) is 22.3 Å². The standard InChI is InChI=1S/C28H34N2O5/c1-17(2)26(27(32)33)30-25(31)14-18-11-12-19(13-18)15-29-28(34)35-16-24-22-9-5-3-7-20(22)21-8-4-6-10-23(21)24/h3-10,17-19,24,26H,11-16H2,1-2H3,(H,29,34)(H,30,31)(H,32,33). The number of rotatable bonds is 9. The van der Waals surface area contributed by atoms with Crippen LogP contribution in [0.5, 0.6) is 0 Å². The molecule has 7 nitrogen and oxygen atoms in total. The van der Waals surface area contributed by atoms with Gasteiger partial charge in [0.2, 0.25) is 5.91 Å². The van der Waals surface area contributed by atoms with E-state index in [9.17, 15) is 19.5 Å². The number of amides is 2. The van der Waals surface area contributed by atoms with Crippen molar-refractivity contribution in [2.24, 2.45) is 17.8 Å². The quantitative estimate of drug-likeness (QED) is 0.490. The molecule has 2 aromatic rings. The molecular formula is C28H34N2O5. The summed E-state index contributed by atoms with van der Waals surface area (Å²) in [6.07, 6.45) is 2.54. The molecule has 0 spiro atoms. The number of carbonyl (C=O) groups excluding carboxylic acids is 2. The minimum absolute atomic E-state index is 0.0305. The smallest absolute Gasteiger partial charge is 0.407 e. The molecule has 0 heterocycles. The SMILES string of the molecule is CC(C)C(NC(=O)CC1CCC(CNC(=O)OCC2c3ccccc3-c3ccccc32)C1)C(=O)O. The summed E-state index contributed by atoms with van der Waals surface area (Å²) in [5.41, 5.74) is 4.75. The average Bonchev–Trinajstić information content (AvgIpc) is 3.41. The highest BCUT2D eigenvalue weighted by Crippen LogP contribution is 2.44. The third-order valence-electron chi connectivity index (χ3n) is 7.25. The Labute approximate surface area is 206 Å². The van der Waals surface area contributed by atoms with Crippen LogP contribution in [0.15, 0.2) is 48.5 Å². The molecule has 2 amide bonds. The molecule has 3 unspecified atom stereocenters. The van der Waals surface area contributed by atoms with Crippen molar-refractivity contribution in [1.82, 2.24) is 10.6 Å². The molecule has 0 saturated heterocycles. The number of hydrogen-bond acceptors (Lipinski definition) is 4. The monoisotopic (exact) mass is 478 g/mol. The lowest BCUT2D eigenvalue weighted by Gasteiger charge is -2.19. The normalized spacial score (nSPS) is 19.6. The van der Waals surface area contributed by atoms with Gasteiger partial charge in [0.25, 0.3) is 0 Å². The lowest BCUT2D eigenvalue weighted by Crippen LogP contribution is -2.44. The predicted molar refractivity (Wildman–Crippen MR) is 133 cm³/mol. The Kier molecular flexibility index (Phi) is 7.73. The third kappa shape index (κ3) is 5.84. The molecule has 3 atom stereocenters. The second-order valence-electron chi connectivity index (χ2n) is 10.1. The fourth-order valence-electron chi connectivity index (χ4n) is 5.43. The van der Waals surface area contributed by atoms with Crippen molar-refractivity contribution in [3.8, 4) is 11.1 Å². The van der Waals surface area contributed by atoms with E-state index >= 15 is 0 Å². The van der Waals surface area contributed by atoms with Gasteiger partial charge in [0.1, 0.15) is 12.6 Å². The topological polar surface area (TPSA) is 105 Å². The van der Waals surface area contributed by atoms with Crippen LogP contribution < -0.4 is 10.6 Å². The van der Waals surface area contributed by atoms with Crippen LogP contribution in [0, 0.1) is 17.8 Å². The van der Waals surface area contributed by atoms with E-state index in [1.54, 1.807) is 13.8 Å². The molecule has 3 N–H and O–H groups in total. The van der Waals surface area contributed by atoms with Crippen molar-refractivity contribution in [3.63, 3.8) is 0 Å². The van der Waals surface area contributed by atoms with E-state index in [1.807, 2.05) is 24.3 Å². The summed E-state index contributed by atoms with van der Waals surface area (Å²) in [4.78, 5) is 36.1. The molecule has 1 fully saturated rings. The zero-order valence-corrected chi connectivity index (χ0v) is 20.3. The highest BCUT2D eigenvalue weighted by Gasteiger charge is 2.31. The van der Waals surface area contributed by atoms with E-state index in [0.29, 0.717) is 13.0 Å². The molecule has 2 aromatic carbocycles. The zero-order chi connectivity index (χ0) is 24.9. The number of alkyl carbamates (subject to hydrolysis) is 1. The van der Waals surface area contributed by atoms with Crippen LogP contribution in [0.3, 0.4) is 0 Å². The zero-order valence-electron chi connectivity index (χ0n) is 20.3. The van der Waals surface area contributed by atoms with E-state index in [-0.39, 0.29) is 36.2 Å². The maximum absolute atomic E-state index is 12.4. The van der Waals surface area contributed by atoms with Crippen molar-refractivity contribution in [2.45, 2.75) is 51.5 Å². The van der Waals surface area contributed by atoms with Gasteiger partial charge in [0, 0.05) is 18.9 Å². The number of carbonyl (C=O) groups is 3. The van der Waals surface area contributed by atoms with Crippen LogP contribution in [0.1, 0.15) is 56.6 Å². The molecule has 4 rings (SSSR count). The summed E-state index contributed by atoms with van der Waals surface area (Å²) >= 11 is 0. The van der Waals surface area contributed by atoms with Gasteiger partial charge in [-0.1, -0.05) is 62.4 Å². The van der Waals surface area contributed by atoms with E-state index in [0.717, 1.165) is 19.3 Å². The number of carboxylic acid groups (broad SMARTS) is 1. The number of ether oxygens (including phenoxy) is 1. The average molecular weight is 479 g/mol. The van der Waals surface area contributed by atoms with Crippen LogP contribution in [0.2, 0.25) is 0 Å². The summed E-state index contributed by atoms with van der Waals surface area (Å²) in [6.45, 7) is 4.35. The third-order valence-corrected chi connectivity index (χ3v) is 7.25.